The third-order valence-corrected chi connectivity index (χ3v) is 4.96. The van der Waals surface area contributed by atoms with Gasteiger partial charge in [-0.15, -0.1) is 0 Å². The molecule has 25 heavy (non-hydrogen) atoms. The maximum atomic E-state index is 12.7. The number of amides is 1. The van der Waals surface area contributed by atoms with Crippen molar-refractivity contribution < 1.29 is 14.7 Å². The van der Waals surface area contributed by atoms with Crippen molar-refractivity contribution in [1.29, 1.82) is 0 Å². The van der Waals surface area contributed by atoms with Gasteiger partial charge in [-0.2, -0.15) is 0 Å². The van der Waals surface area contributed by atoms with Gasteiger partial charge < -0.3 is 14.9 Å². The fourth-order valence-corrected chi connectivity index (χ4v) is 3.37. The van der Waals surface area contributed by atoms with E-state index in [1.807, 2.05) is 31.2 Å². The Kier molecular flexibility index (Phi) is 6.37. The first kappa shape index (κ1) is 19.2. The standard InChI is InChI=1S/C20H28N2O3/c1-5-16(23)17-18(15-11-9-8-10-14(15)4)22(20(25)19(17)24)13-12-21(6-2)7-3/h8-11,18,24H,5-7,12-13H2,1-4H3. The van der Waals surface area contributed by atoms with Gasteiger partial charge >= 0.3 is 0 Å². The molecule has 0 bridgehead atoms. The minimum Gasteiger partial charge on any atom is -0.503 e. The fraction of sp³-hybridized carbons (Fsp3) is 0.500. The number of hydrogen-bond donors (Lipinski definition) is 1. The van der Waals surface area contributed by atoms with Crippen molar-refractivity contribution in [3.63, 3.8) is 0 Å². The molecule has 1 heterocycles. The third kappa shape index (κ3) is 3.76. The predicted octanol–water partition coefficient (Wildman–Crippen LogP) is 3.01. The summed E-state index contributed by atoms with van der Waals surface area (Å²) in [6, 6.07) is 7.22. The number of likely N-dealkylation sites (N-methyl/N-ethyl adjacent to an activating group) is 1. The largest absolute Gasteiger partial charge is 0.503 e. The summed E-state index contributed by atoms with van der Waals surface area (Å²) in [6.45, 7) is 10.9. The topological polar surface area (TPSA) is 60.9 Å². The van der Waals surface area contributed by atoms with Gasteiger partial charge in [-0.25, -0.2) is 0 Å². The number of aliphatic hydroxyl groups excluding tert-OH is 1. The summed E-state index contributed by atoms with van der Waals surface area (Å²) in [5.41, 5.74) is 2.14. The number of carbonyl (C=O) groups excluding carboxylic acids is 2. The highest BCUT2D eigenvalue weighted by Gasteiger charge is 2.43. The third-order valence-electron chi connectivity index (χ3n) is 4.96. The molecule has 1 aromatic carbocycles. The number of hydrogen-bond acceptors (Lipinski definition) is 4. The van der Waals surface area contributed by atoms with Gasteiger partial charge in [0.2, 0.25) is 0 Å². The van der Waals surface area contributed by atoms with E-state index in [2.05, 4.69) is 18.7 Å². The molecule has 0 radical (unpaired) electrons. The Labute approximate surface area is 149 Å². The highest BCUT2D eigenvalue weighted by atomic mass is 16.3. The van der Waals surface area contributed by atoms with Crippen LogP contribution >= 0.6 is 0 Å². The monoisotopic (exact) mass is 344 g/mol. The van der Waals surface area contributed by atoms with Crippen molar-refractivity contribution in [2.24, 2.45) is 0 Å². The summed E-state index contributed by atoms with van der Waals surface area (Å²) in [7, 11) is 0. The zero-order valence-corrected chi connectivity index (χ0v) is 15.6. The molecule has 0 spiro atoms. The highest BCUT2D eigenvalue weighted by Crippen LogP contribution is 2.39. The van der Waals surface area contributed by atoms with Crippen LogP contribution in [0, 0.1) is 6.92 Å². The first-order valence-corrected chi connectivity index (χ1v) is 9.01. The second kappa shape index (κ2) is 8.30. The molecule has 5 nitrogen and oxygen atoms in total. The van der Waals surface area contributed by atoms with E-state index in [1.165, 1.54) is 0 Å². The number of Topliss-reactive ketones (excluding diaryl/α,β-unsaturated/α-hetero) is 1. The molecule has 1 unspecified atom stereocenters. The Bertz CT molecular complexity index is 677. The maximum Gasteiger partial charge on any atom is 0.290 e. The zero-order chi connectivity index (χ0) is 18.6. The van der Waals surface area contributed by atoms with E-state index in [-0.39, 0.29) is 23.5 Å². The summed E-state index contributed by atoms with van der Waals surface area (Å²) in [4.78, 5) is 29.0. The molecule has 1 aliphatic rings. The molecule has 1 atom stereocenters. The van der Waals surface area contributed by atoms with E-state index in [0.717, 1.165) is 24.2 Å². The van der Waals surface area contributed by atoms with Crippen LogP contribution in [0.1, 0.15) is 44.4 Å². The lowest BCUT2D eigenvalue weighted by Crippen LogP contribution is -2.38. The minimum absolute atomic E-state index is 0.176. The second-order valence-corrected chi connectivity index (χ2v) is 6.32. The number of benzene rings is 1. The van der Waals surface area contributed by atoms with Crippen LogP contribution in [0.5, 0.6) is 0 Å². The number of nitrogens with zero attached hydrogens (tertiary/aromatic N) is 2. The van der Waals surface area contributed by atoms with Crippen molar-refractivity contribution in [3.8, 4) is 0 Å². The predicted molar refractivity (Wildman–Crippen MR) is 98.4 cm³/mol. The Morgan fingerprint density at radius 1 is 1.20 bits per heavy atom. The van der Waals surface area contributed by atoms with Crippen LogP contribution in [-0.2, 0) is 9.59 Å². The number of aliphatic hydroxyl groups is 1. The van der Waals surface area contributed by atoms with Crippen LogP contribution in [0.15, 0.2) is 35.6 Å². The molecule has 1 aliphatic heterocycles. The molecule has 0 saturated carbocycles. The Hall–Kier alpha value is -2.14. The van der Waals surface area contributed by atoms with Crippen molar-refractivity contribution in [3.05, 3.63) is 46.7 Å². The van der Waals surface area contributed by atoms with Crippen molar-refractivity contribution in [1.82, 2.24) is 9.80 Å². The second-order valence-electron chi connectivity index (χ2n) is 6.32. The lowest BCUT2D eigenvalue weighted by molar-refractivity contribution is -0.129. The first-order valence-electron chi connectivity index (χ1n) is 9.01. The zero-order valence-electron chi connectivity index (χ0n) is 15.6. The van der Waals surface area contributed by atoms with Gasteiger partial charge in [0.1, 0.15) is 0 Å². The number of aryl methyl sites for hydroxylation is 1. The summed E-state index contributed by atoms with van der Waals surface area (Å²) in [6.07, 6.45) is 0.263. The molecular weight excluding hydrogens is 316 g/mol. The van der Waals surface area contributed by atoms with E-state index in [0.29, 0.717) is 13.1 Å². The van der Waals surface area contributed by atoms with Crippen LogP contribution in [-0.4, -0.2) is 52.8 Å². The molecule has 0 aliphatic carbocycles. The number of rotatable bonds is 8. The fourth-order valence-electron chi connectivity index (χ4n) is 3.37. The quantitative estimate of drug-likeness (QED) is 0.787. The van der Waals surface area contributed by atoms with E-state index >= 15 is 0 Å². The van der Waals surface area contributed by atoms with Crippen LogP contribution in [0.4, 0.5) is 0 Å². The van der Waals surface area contributed by atoms with Crippen LogP contribution in [0.25, 0.3) is 0 Å². The lowest BCUT2D eigenvalue weighted by Gasteiger charge is -2.30. The van der Waals surface area contributed by atoms with Crippen molar-refractivity contribution in [2.45, 2.75) is 40.2 Å². The van der Waals surface area contributed by atoms with Crippen molar-refractivity contribution in [2.75, 3.05) is 26.2 Å². The molecule has 0 saturated heterocycles. The van der Waals surface area contributed by atoms with E-state index in [1.54, 1.807) is 11.8 Å². The molecule has 0 aromatic heterocycles. The van der Waals surface area contributed by atoms with Gasteiger partial charge in [-0.1, -0.05) is 45.0 Å². The van der Waals surface area contributed by atoms with Gasteiger partial charge in [-0.3, -0.25) is 9.59 Å². The van der Waals surface area contributed by atoms with Crippen LogP contribution in [0.2, 0.25) is 0 Å². The van der Waals surface area contributed by atoms with E-state index < -0.39 is 11.9 Å². The SMILES string of the molecule is CCC(=O)C1=C(O)C(=O)N(CCN(CC)CC)C1c1ccccc1C. The highest BCUT2D eigenvalue weighted by molar-refractivity contribution is 6.08. The maximum absolute atomic E-state index is 12.7. The molecule has 1 aromatic rings. The van der Waals surface area contributed by atoms with E-state index in [4.69, 9.17) is 0 Å². The van der Waals surface area contributed by atoms with Crippen molar-refractivity contribution >= 4 is 11.7 Å². The van der Waals surface area contributed by atoms with Gasteiger partial charge in [0.05, 0.1) is 11.6 Å². The van der Waals surface area contributed by atoms with Gasteiger partial charge in [0.15, 0.2) is 11.5 Å². The Balaban J connectivity index is 2.43. The smallest absolute Gasteiger partial charge is 0.290 e. The van der Waals surface area contributed by atoms with E-state index in [9.17, 15) is 14.7 Å². The number of carbonyl (C=O) groups is 2. The molecular formula is C20H28N2O3. The molecule has 1 N–H and O–H groups in total. The lowest BCUT2D eigenvalue weighted by atomic mass is 9.92. The number of ketones is 1. The average Bonchev–Trinajstić information content (AvgIpc) is 2.87. The van der Waals surface area contributed by atoms with Gasteiger partial charge in [0.25, 0.3) is 5.91 Å². The minimum atomic E-state index is -0.503. The molecule has 2 rings (SSSR count). The molecule has 136 valence electrons. The summed E-state index contributed by atoms with van der Waals surface area (Å²) >= 11 is 0. The normalized spacial score (nSPS) is 17.7. The van der Waals surface area contributed by atoms with Crippen LogP contribution < -0.4 is 0 Å². The Morgan fingerprint density at radius 3 is 2.40 bits per heavy atom. The van der Waals surface area contributed by atoms with Crippen LogP contribution in [0.3, 0.4) is 0 Å². The first-order chi connectivity index (χ1) is 12.0. The average molecular weight is 344 g/mol. The summed E-state index contributed by atoms with van der Waals surface area (Å²) in [5, 5.41) is 10.4. The summed E-state index contributed by atoms with van der Waals surface area (Å²) < 4.78 is 0. The Morgan fingerprint density at radius 2 is 1.84 bits per heavy atom. The van der Waals surface area contributed by atoms with Gasteiger partial charge in [-0.05, 0) is 31.1 Å². The molecule has 5 heteroatoms. The summed E-state index contributed by atoms with van der Waals surface area (Å²) in [5.74, 6) is -1.01. The molecule has 0 fully saturated rings. The molecule has 1 amide bonds. The van der Waals surface area contributed by atoms with Gasteiger partial charge in [0, 0.05) is 19.5 Å².